The summed E-state index contributed by atoms with van der Waals surface area (Å²) in [5.74, 6) is 0. The highest BCUT2D eigenvalue weighted by molar-refractivity contribution is 9.10. The minimum Gasteiger partial charge on any atom is -0.389 e. The van der Waals surface area contributed by atoms with Crippen LogP contribution in [0.15, 0.2) is 51.4 Å². The molecule has 0 saturated heterocycles. The van der Waals surface area contributed by atoms with Gasteiger partial charge < -0.3 is 10.6 Å². The molecule has 20 heavy (non-hydrogen) atoms. The Labute approximate surface area is 141 Å². The fourth-order valence-electron chi connectivity index (χ4n) is 1.92. The molecule has 104 valence electrons. The van der Waals surface area contributed by atoms with Crippen LogP contribution in [0.4, 0.5) is 5.69 Å². The smallest absolute Gasteiger partial charge is 0.104 e. The van der Waals surface area contributed by atoms with Crippen LogP contribution in [0.5, 0.6) is 0 Å². The molecule has 0 radical (unpaired) electrons. The van der Waals surface area contributed by atoms with E-state index in [4.69, 9.17) is 18.0 Å². The van der Waals surface area contributed by atoms with Gasteiger partial charge in [0, 0.05) is 28.1 Å². The number of nitrogens with two attached hydrogens (primary N) is 1. The highest BCUT2D eigenvalue weighted by atomic mass is 79.9. The molecule has 0 spiro atoms. The lowest BCUT2D eigenvalue weighted by Crippen LogP contribution is -2.17. The summed E-state index contributed by atoms with van der Waals surface area (Å²) in [5, 5.41) is 0. The molecule has 0 heterocycles. The van der Waals surface area contributed by atoms with Crippen molar-refractivity contribution in [3.8, 4) is 0 Å². The molecule has 0 saturated carbocycles. The lowest BCUT2D eigenvalue weighted by molar-refractivity contribution is 0.919. The Morgan fingerprint density at radius 2 is 1.80 bits per heavy atom. The van der Waals surface area contributed by atoms with Gasteiger partial charge in [0.2, 0.25) is 0 Å². The van der Waals surface area contributed by atoms with Crippen LogP contribution in [-0.2, 0) is 6.54 Å². The Morgan fingerprint density at radius 1 is 1.15 bits per heavy atom. The third-order valence-electron chi connectivity index (χ3n) is 2.98. The molecule has 0 aliphatic carbocycles. The summed E-state index contributed by atoms with van der Waals surface area (Å²) < 4.78 is 2.08. The highest BCUT2D eigenvalue weighted by Gasteiger charge is 2.08. The van der Waals surface area contributed by atoms with E-state index in [0.29, 0.717) is 4.99 Å². The van der Waals surface area contributed by atoms with Crippen LogP contribution >= 0.6 is 44.1 Å². The van der Waals surface area contributed by atoms with Crippen molar-refractivity contribution >= 4 is 54.8 Å². The largest absolute Gasteiger partial charge is 0.389 e. The Kier molecular flexibility index (Phi) is 5.18. The fourth-order valence-corrected chi connectivity index (χ4v) is 2.99. The van der Waals surface area contributed by atoms with Crippen LogP contribution < -0.4 is 10.6 Å². The number of nitrogens with zero attached hydrogens (tertiary/aromatic N) is 1. The second-order valence-electron chi connectivity index (χ2n) is 4.51. The Bertz CT molecular complexity index is 626. The first-order chi connectivity index (χ1) is 9.47. The minimum atomic E-state index is 0.410. The molecule has 0 aliphatic heterocycles. The lowest BCUT2D eigenvalue weighted by Gasteiger charge is -2.21. The standard InChI is InChI=1S/C15H14Br2N2S/c1-19(9-10-2-5-12(16)6-3-10)14-7-4-11(15(18)20)8-13(14)17/h2-8H,9H2,1H3,(H2,18,20). The third-order valence-corrected chi connectivity index (χ3v) is 4.38. The van der Waals surface area contributed by atoms with Gasteiger partial charge in [0.15, 0.2) is 0 Å². The maximum atomic E-state index is 5.64. The van der Waals surface area contributed by atoms with E-state index < -0.39 is 0 Å². The molecular formula is C15H14Br2N2S. The SMILES string of the molecule is CN(Cc1ccc(Br)cc1)c1ccc(C(N)=S)cc1Br. The zero-order valence-electron chi connectivity index (χ0n) is 10.9. The quantitative estimate of drug-likeness (QED) is 0.749. The van der Waals surface area contributed by atoms with Crippen LogP contribution in [0, 0.1) is 0 Å². The summed E-state index contributed by atoms with van der Waals surface area (Å²) in [6.07, 6.45) is 0. The maximum Gasteiger partial charge on any atom is 0.104 e. The molecule has 2 aromatic rings. The van der Waals surface area contributed by atoms with Crippen LogP contribution in [0.2, 0.25) is 0 Å². The summed E-state index contributed by atoms with van der Waals surface area (Å²) in [7, 11) is 2.06. The van der Waals surface area contributed by atoms with E-state index in [-0.39, 0.29) is 0 Å². The van der Waals surface area contributed by atoms with Crippen molar-refractivity contribution in [2.24, 2.45) is 5.73 Å². The summed E-state index contributed by atoms with van der Waals surface area (Å²) in [6.45, 7) is 0.832. The first-order valence-electron chi connectivity index (χ1n) is 6.02. The highest BCUT2D eigenvalue weighted by Crippen LogP contribution is 2.27. The van der Waals surface area contributed by atoms with Crippen LogP contribution in [-0.4, -0.2) is 12.0 Å². The van der Waals surface area contributed by atoms with Crippen molar-refractivity contribution in [3.05, 3.63) is 62.5 Å². The first-order valence-corrected chi connectivity index (χ1v) is 8.02. The van der Waals surface area contributed by atoms with Gasteiger partial charge in [-0.25, -0.2) is 0 Å². The van der Waals surface area contributed by atoms with Crippen LogP contribution in [0.1, 0.15) is 11.1 Å². The van der Waals surface area contributed by atoms with Crippen molar-refractivity contribution < 1.29 is 0 Å². The van der Waals surface area contributed by atoms with Crippen LogP contribution in [0.25, 0.3) is 0 Å². The Morgan fingerprint density at radius 3 is 2.35 bits per heavy atom. The van der Waals surface area contributed by atoms with Gasteiger partial charge in [-0.05, 0) is 51.8 Å². The molecule has 0 aromatic heterocycles. The molecule has 0 unspecified atom stereocenters. The third kappa shape index (κ3) is 3.81. The normalized spacial score (nSPS) is 10.3. The summed E-state index contributed by atoms with van der Waals surface area (Å²) >= 11 is 12.0. The van der Waals surface area contributed by atoms with Crippen molar-refractivity contribution in [1.29, 1.82) is 0 Å². The van der Waals surface area contributed by atoms with E-state index in [9.17, 15) is 0 Å². The molecule has 2 aromatic carbocycles. The second kappa shape index (κ2) is 6.70. The van der Waals surface area contributed by atoms with Gasteiger partial charge in [-0.1, -0.05) is 40.3 Å². The minimum absolute atomic E-state index is 0.410. The van der Waals surface area contributed by atoms with Crippen molar-refractivity contribution in [3.63, 3.8) is 0 Å². The van der Waals surface area contributed by atoms with E-state index in [0.717, 1.165) is 26.7 Å². The van der Waals surface area contributed by atoms with Gasteiger partial charge in [-0.3, -0.25) is 0 Å². The molecular weight excluding hydrogens is 400 g/mol. The average molecular weight is 414 g/mol. The van der Waals surface area contributed by atoms with E-state index in [1.54, 1.807) is 0 Å². The molecule has 0 atom stereocenters. The maximum absolute atomic E-state index is 5.64. The van der Waals surface area contributed by atoms with Gasteiger partial charge in [0.05, 0.1) is 5.69 Å². The Balaban J connectivity index is 2.18. The van der Waals surface area contributed by atoms with Crippen molar-refractivity contribution in [2.45, 2.75) is 6.54 Å². The predicted octanol–water partition coefficient (Wildman–Crippen LogP) is 4.48. The number of thiocarbonyl (C=S) groups is 1. The summed E-state index contributed by atoms with van der Waals surface area (Å²) in [6, 6.07) is 14.2. The second-order valence-corrected chi connectivity index (χ2v) is 6.72. The zero-order valence-corrected chi connectivity index (χ0v) is 14.9. The molecule has 2 rings (SSSR count). The number of hydrogen-bond acceptors (Lipinski definition) is 2. The number of halogens is 2. The van der Waals surface area contributed by atoms with Crippen molar-refractivity contribution in [2.75, 3.05) is 11.9 Å². The number of benzene rings is 2. The van der Waals surface area contributed by atoms with Gasteiger partial charge in [0.1, 0.15) is 4.99 Å². The summed E-state index contributed by atoms with van der Waals surface area (Å²) in [4.78, 5) is 2.59. The summed E-state index contributed by atoms with van der Waals surface area (Å²) in [5.41, 5.74) is 8.86. The van der Waals surface area contributed by atoms with E-state index in [2.05, 4.69) is 55.9 Å². The topological polar surface area (TPSA) is 29.3 Å². The number of anilines is 1. The van der Waals surface area contributed by atoms with E-state index >= 15 is 0 Å². The number of rotatable bonds is 4. The first kappa shape index (κ1) is 15.5. The lowest BCUT2D eigenvalue weighted by atomic mass is 10.1. The number of hydrogen-bond donors (Lipinski definition) is 1. The average Bonchev–Trinajstić information content (AvgIpc) is 2.41. The molecule has 2 nitrogen and oxygen atoms in total. The Hall–Kier alpha value is -0.910. The monoisotopic (exact) mass is 412 g/mol. The van der Waals surface area contributed by atoms with E-state index in [1.807, 2.05) is 30.3 Å². The predicted molar refractivity (Wildman–Crippen MR) is 96.3 cm³/mol. The molecule has 0 bridgehead atoms. The molecule has 5 heteroatoms. The van der Waals surface area contributed by atoms with E-state index in [1.165, 1.54) is 5.56 Å². The molecule has 0 aliphatic rings. The zero-order chi connectivity index (χ0) is 14.7. The van der Waals surface area contributed by atoms with Crippen molar-refractivity contribution in [1.82, 2.24) is 0 Å². The van der Waals surface area contributed by atoms with Gasteiger partial charge in [-0.2, -0.15) is 0 Å². The fraction of sp³-hybridized carbons (Fsp3) is 0.133. The molecule has 0 fully saturated rings. The van der Waals surface area contributed by atoms with Gasteiger partial charge >= 0.3 is 0 Å². The van der Waals surface area contributed by atoms with Crippen LogP contribution in [0.3, 0.4) is 0 Å². The van der Waals surface area contributed by atoms with Gasteiger partial charge in [0.25, 0.3) is 0 Å². The van der Waals surface area contributed by atoms with Gasteiger partial charge in [-0.15, -0.1) is 0 Å². The molecule has 0 amide bonds. The molecule has 2 N–H and O–H groups in total.